The Morgan fingerprint density at radius 3 is 2.94 bits per heavy atom. The molecule has 2 unspecified atom stereocenters. The predicted molar refractivity (Wildman–Crippen MR) is 67.5 cm³/mol. The highest BCUT2D eigenvalue weighted by Crippen LogP contribution is 2.11. The van der Waals surface area contributed by atoms with Gasteiger partial charge in [-0.1, -0.05) is 0 Å². The molecule has 0 radical (unpaired) electrons. The number of amides is 1. The Balaban J connectivity index is 2.28. The number of rotatable bonds is 5. The van der Waals surface area contributed by atoms with Gasteiger partial charge in [0.1, 0.15) is 0 Å². The highest BCUT2D eigenvalue weighted by atomic mass is 16.5. The van der Waals surface area contributed by atoms with Gasteiger partial charge in [-0.3, -0.25) is 4.79 Å². The van der Waals surface area contributed by atoms with Crippen LogP contribution >= 0.6 is 0 Å². The van der Waals surface area contributed by atoms with Gasteiger partial charge in [-0.2, -0.15) is 0 Å². The predicted octanol–water partition coefficient (Wildman–Crippen LogP) is 0.0801. The second-order valence-electron chi connectivity index (χ2n) is 5.22. The van der Waals surface area contributed by atoms with Gasteiger partial charge in [-0.25, -0.2) is 0 Å². The van der Waals surface area contributed by atoms with Crippen molar-refractivity contribution in [1.82, 2.24) is 4.90 Å². The van der Waals surface area contributed by atoms with Crippen molar-refractivity contribution in [3.05, 3.63) is 0 Å². The van der Waals surface area contributed by atoms with Crippen LogP contribution in [-0.4, -0.2) is 48.7 Å². The third-order valence-corrected chi connectivity index (χ3v) is 3.27. The Bertz CT molecular complexity index is 256. The van der Waals surface area contributed by atoms with E-state index in [1.807, 2.05) is 0 Å². The zero-order valence-corrected chi connectivity index (χ0v) is 10.9. The Morgan fingerprint density at radius 1 is 1.59 bits per heavy atom. The first-order chi connectivity index (χ1) is 7.92. The van der Waals surface area contributed by atoms with Gasteiger partial charge in [-0.15, -0.1) is 0 Å². The molecule has 1 saturated heterocycles. The zero-order valence-electron chi connectivity index (χ0n) is 10.9. The van der Waals surface area contributed by atoms with E-state index < -0.39 is 11.4 Å². The van der Waals surface area contributed by atoms with E-state index in [4.69, 9.17) is 16.2 Å². The normalized spacial score (nSPS) is 26.2. The minimum Gasteiger partial charge on any atom is -0.377 e. The maximum absolute atomic E-state index is 11.1. The molecular weight excluding hydrogens is 218 g/mol. The summed E-state index contributed by atoms with van der Waals surface area (Å²) in [4.78, 5) is 13.4. The summed E-state index contributed by atoms with van der Waals surface area (Å²) in [5.74, 6) is -0.426. The summed E-state index contributed by atoms with van der Waals surface area (Å²) in [5, 5.41) is 0. The average Bonchev–Trinajstić information content (AvgIpc) is 2.42. The molecule has 0 aromatic carbocycles. The fourth-order valence-corrected chi connectivity index (χ4v) is 2.08. The van der Waals surface area contributed by atoms with Crippen molar-refractivity contribution in [2.45, 2.75) is 44.8 Å². The van der Waals surface area contributed by atoms with Crippen LogP contribution in [0.2, 0.25) is 0 Å². The first-order valence-electron chi connectivity index (χ1n) is 6.34. The van der Waals surface area contributed by atoms with Crippen LogP contribution in [0.1, 0.15) is 33.1 Å². The fraction of sp³-hybridized carbons (Fsp3) is 0.917. The second kappa shape index (κ2) is 6.33. The van der Waals surface area contributed by atoms with E-state index in [1.54, 1.807) is 6.92 Å². The van der Waals surface area contributed by atoms with Crippen molar-refractivity contribution in [3.63, 3.8) is 0 Å². The monoisotopic (exact) mass is 243 g/mol. The largest absolute Gasteiger partial charge is 0.377 e. The Labute approximate surface area is 103 Å². The van der Waals surface area contributed by atoms with Gasteiger partial charge >= 0.3 is 0 Å². The van der Waals surface area contributed by atoms with E-state index in [0.29, 0.717) is 6.42 Å². The van der Waals surface area contributed by atoms with Crippen LogP contribution in [-0.2, 0) is 9.53 Å². The van der Waals surface area contributed by atoms with Crippen molar-refractivity contribution in [2.75, 3.05) is 26.2 Å². The van der Waals surface area contributed by atoms with E-state index in [-0.39, 0.29) is 6.10 Å². The lowest BCUT2D eigenvalue weighted by atomic mass is 9.96. The van der Waals surface area contributed by atoms with Crippen LogP contribution in [0.3, 0.4) is 0 Å². The standard InChI is InChI=1S/C12H25N3O2/c1-10-9-15(7-4-8-17-10)6-3-5-12(2,14)11(13)16/h10H,3-9,14H2,1-2H3,(H2,13,16). The van der Waals surface area contributed by atoms with Gasteiger partial charge < -0.3 is 21.1 Å². The summed E-state index contributed by atoms with van der Waals surface area (Å²) in [6.45, 7) is 7.60. The van der Waals surface area contributed by atoms with Gasteiger partial charge in [0.2, 0.25) is 5.91 Å². The topological polar surface area (TPSA) is 81.6 Å². The van der Waals surface area contributed by atoms with Crippen molar-refractivity contribution in [3.8, 4) is 0 Å². The molecule has 0 saturated carbocycles. The fourth-order valence-electron chi connectivity index (χ4n) is 2.08. The number of carbonyl (C=O) groups excluding carboxylic acids is 1. The first-order valence-corrected chi connectivity index (χ1v) is 6.34. The first kappa shape index (κ1) is 14.4. The molecule has 4 N–H and O–H groups in total. The van der Waals surface area contributed by atoms with Crippen molar-refractivity contribution >= 4 is 5.91 Å². The van der Waals surface area contributed by atoms with E-state index in [1.165, 1.54) is 0 Å². The zero-order chi connectivity index (χ0) is 12.9. The number of hydrogen-bond donors (Lipinski definition) is 2. The molecule has 2 atom stereocenters. The summed E-state index contributed by atoms with van der Waals surface area (Å²) < 4.78 is 5.58. The van der Waals surface area contributed by atoms with Crippen LogP contribution in [0, 0.1) is 0 Å². The molecular formula is C12H25N3O2. The van der Waals surface area contributed by atoms with Gasteiger partial charge in [0.15, 0.2) is 0 Å². The second-order valence-corrected chi connectivity index (χ2v) is 5.22. The van der Waals surface area contributed by atoms with Gasteiger partial charge in [0.05, 0.1) is 11.6 Å². The highest BCUT2D eigenvalue weighted by molar-refractivity contribution is 5.83. The minimum absolute atomic E-state index is 0.290. The smallest absolute Gasteiger partial charge is 0.237 e. The highest BCUT2D eigenvalue weighted by Gasteiger charge is 2.25. The Hall–Kier alpha value is -0.650. The third kappa shape index (κ3) is 5.02. The number of hydrogen-bond acceptors (Lipinski definition) is 4. The molecule has 1 aliphatic heterocycles. The van der Waals surface area contributed by atoms with Crippen LogP contribution in [0.15, 0.2) is 0 Å². The lowest BCUT2D eigenvalue weighted by Crippen LogP contribution is -2.49. The van der Waals surface area contributed by atoms with Gasteiger partial charge in [0, 0.05) is 19.7 Å². The lowest BCUT2D eigenvalue weighted by molar-refractivity contribution is -0.122. The molecule has 1 aliphatic rings. The SMILES string of the molecule is CC1CN(CCCC(C)(N)C(N)=O)CCCO1. The summed E-state index contributed by atoms with van der Waals surface area (Å²) in [6.07, 6.45) is 2.88. The van der Waals surface area contributed by atoms with E-state index in [9.17, 15) is 4.79 Å². The molecule has 5 nitrogen and oxygen atoms in total. The van der Waals surface area contributed by atoms with E-state index in [0.717, 1.165) is 39.1 Å². The molecule has 1 rings (SSSR count). The van der Waals surface area contributed by atoms with E-state index >= 15 is 0 Å². The number of carbonyl (C=O) groups is 1. The number of ether oxygens (including phenoxy) is 1. The molecule has 1 amide bonds. The molecule has 0 bridgehead atoms. The number of nitrogens with two attached hydrogens (primary N) is 2. The van der Waals surface area contributed by atoms with Crippen LogP contribution < -0.4 is 11.5 Å². The molecule has 0 aromatic rings. The average molecular weight is 243 g/mol. The molecule has 5 heteroatoms. The molecule has 0 aromatic heterocycles. The lowest BCUT2D eigenvalue weighted by Gasteiger charge is -2.25. The molecule has 100 valence electrons. The van der Waals surface area contributed by atoms with Crippen molar-refractivity contribution in [1.29, 1.82) is 0 Å². The maximum atomic E-state index is 11.1. The van der Waals surface area contributed by atoms with E-state index in [2.05, 4.69) is 11.8 Å². The van der Waals surface area contributed by atoms with Crippen molar-refractivity contribution < 1.29 is 9.53 Å². The summed E-state index contributed by atoms with van der Waals surface area (Å²) in [5.41, 5.74) is 10.2. The summed E-state index contributed by atoms with van der Waals surface area (Å²) >= 11 is 0. The quantitative estimate of drug-likeness (QED) is 0.716. The molecule has 0 spiro atoms. The molecule has 0 aliphatic carbocycles. The van der Waals surface area contributed by atoms with Crippen LogP contribution in [0.4, 0.5) is 0 Å². The Kier molecular flexibility index (Phi) is 5.36. The summed E-state index contributed by atoms with van der Waals surface area (Å²) in [7, 11) is 0. The minimum atomic E-state index is -0.881. The van der Waals surface area contributed by atoms with Crippen molar-refractivity contribution in [2.24, 2.45) is 11.5 Å². The number of primary amides is 1. The maximum Gasteiger partial charge on any atom is 0.237 e. The molecule has 17 heavy (non-hydrogen) atoms. The third-order valence-electron chi connectivity index (χ3n) is 3.27. The van der Waals surface area contributed by atoms with Crippen LogP contribution in [0.25, 0.3) is 0 Å². The molecule has 1 fully saturated rings. The number of nitrogens with zero attached hydrogens (tertiary/aromatic N) is 1. The van der Waals surface area contributed by atoms with Gasteiger partial charge in [0.25, 0.3) is 0 Å². The Morgan fingerprint density at radius 2 is 2.29 bits per heavy atom. The van der Waals surface area contributed by atoms with Gasteiger partial charge in [-0.05, 0) is 39.7 Å². The van der Waals surface area contributed by atoms with Crippen LogP contribution in [0.5, 0.6) is 0 Å². The summed E-state index contributed by atoms with van der Waals surface area (Å²) in [6, 6.07) is 0. The molecule has 1 heterocycles.